The van der Waals surface area contributed by atoms with Crippen molar-refractivity contribution in [3.05, 3.63) is 29.3 Å². The zero-order valence-electron chi connectivity index (χ0n) is 9.92. The molecule has 7 heteroatoms. The minimum atomic E-state index is -3.90. The fourth-order valence-electron chi connectivity index (χ4n) is 1.23. The second kappa shape index (κ2) is 6.17. The highest BCUT2D eigenvalue weighted by Gasteiger charge is 2.21. The molecule has 0 saturated carbocycles. The van der Waals surface area contributed by atoms with E-state index in [2.05, 4.69) is 4.74 Å². The van der Waals surface area contributed by atoms with Gasteiger partial charge in [0.1, 0.15) is 0 Å². The molecule has 18 heavy (non-hydrogen) atoms. The second-order valence-electron chi connectivity index (χ2n) is 3.60. The first-order chi connectivity index (χ1) is 8.35. The maximum atomic E-state index is 11.8. The molecular formula is C11H13ClO5S. The lowest BCUT2D eigenvalue weighted by atomic mass is 10.3. The first-order valence-corrected chi connectivity index (χ1v) is 6.89. The van der Waals surface area contributed by atoms with Gasteiger partial charge in [-0.25, -0.2) is 0 Å². The van der Waals surface area contributed by atoms with E-state index in [0.29, 0.717) is 5.02 Å². The van der Waals surface area contributed by atoms with Crippen molar-refractivity contribution in [2.45, 2.75) is 24.3 Å². The highest BCUT2D eigenvalue weighted by Crippen LogP contribution is 2.18. The largest absolute Gasteiger partial charge is 0.469 e. The van der Waals surface area contributed by atoms with Gasteiger partial charge < -0.3 is 4.74 Å². The van der Waals surface area contributed by atoms with Crippen molar-refractivity contribution in [1.82, 2.24) is 0 Å². The zero-order chi connectivity index (χ0) is 13.8. The Bertz CT molecular complexity index is 509. The Labute approximate surface area is 111 Å². The lowest BCUT2D eigenvalue weighted by molar-refractivity contribution is -0.142. The first kappa shape index (κ1) is 14.9. The van der Waals surface area contributed by atoms with Gasteiger partial charge in [0.15, 0.2) is 0 Å². The summed E-state index contributed by atoms with van der Waals surface area (Å²) < 4.78 is 32.9. The van der Waals surface area contributed by atoms with Crippen LogP contribution in [0.15, 0.2) is 29.2 Å². The van der Waals surface area contributed by atoms with E-state index in [1.165, 1.54) is 38.3 Å². The lowest BCUT2D eigenvalue weighted by Crippen LogP contribution is -2.19. The van der Waals surface area contributed by atoms with E-state index < -0.39 is 22.2 Å². The van der Waals surface area contributed by atoms with E-state index >= 15 is 0 Å². The van der Waals surface area contributed by atoms with Crippen molar-refractivity contribution in [3.63, 3.8) is 0 Å². The molecule has 1 atom stereocenters. The van der Waals surface area contributed by atoms with Gasteiger partial charge in [0.05, 0.1) is 24.5 Å². The van der Waals surface area contributed by atoms with Crippen LogP contribution in [0.25, 0.3) is 0 Å². The number of ether oxygens (including phenoxy) is 1. The number of rotatable bonds is 5. The Morgan fingerprint density at radius 3 is 2.39 bits per heavy atom. The van der Waals surface area contributed by atoms with Crippen LogP contribution in [0.5, 0.6) is 0 Å². The van der Waals surface area contributed by atoms with Gasteiger partial charge in [-0.1, -0.05) is 11.6 Å². The average Bonchev–Trinajstić information content (AvgIpc) is 2.28. The quantitative estimate of drug-likeness (QED) is 0.613. The number of hydrogen-bond acceptors (Lipinski definition) is 5. The molecule has 0 aliphatic rings. The van der Waals surface area contributed by atoms with Crippen LogP contribution in [0.4, 0.5) is 0 Å². The molecule has 1 rings (SSSR count). The summed E-state index contributed by atoms with van der Waals surface area (Å²) in [5.74, 6) is -0.534. The lowest BCUT2D eigenvalue weighted by Gasteiger charge is -2.11. The van der Waals surface area contributed by atoms with Crippen molar-refractivity contribution >= 4 is 27.7 Å². The standard InChI is InChI=1S/C11H13ClO5S/c1-8(7-11(13)16-2)17-18(14,15)10-5-3-9(12)4-6-10/h3-6,8H,7H2,1-2H3/t8-/m1/s1. The molecule has 1 aromatic carbocycles. The highest BCUT2D eigenvalue weighted by atomic mass is 35.5. The average molecular weight is 293 g/mol. The molecule has 0 radical (unpaired) electrons. The van der Waals surface area contributed by atoms with Gasteiger partial charge in [0.2, 0.25) is 0 Å². The van der Waals surface area contributed by atoms with Crippen LogP contribution in [0.2, 0.25) is 5.02 Å². The van der Waals surface area contributed by atoms with E-state index in [4.69, 9.17) is 15.8 Å². The Hall–Kier alpha value is -1.11. The van der Waals surface area contributed by atoms with Crippen molar-refractivity contribution in [1.29, 1.82) is 0 Å². The molecule has 0 spiro atoms. The monoisotopic (exact) mass is 292 g/mol. The van der Waals surface area contributed by atoms with Gasteiger partial charge in [0, 0.05) is 5.02 Å². The third kappa shape index (κ3) is 4.29. The molecule has 0 N–H and O–H groups in total. The van der Waals surface area contributed by atoms with E-state index in [1.807, 2.05) is 0 Å². The Kier molecular flexibility index (Phi) is 5.13. The number of benzene rings is 1. The van der Waals surface area contributed by atoms with Crippen LogP contribution >= 0.6 is 11.6 Å². The van der Waals surface area contributed by atoms with Crippen LogP contribution in [0, 0.1) is 0 Å². The predicted octanol–water partition coefficient (Wildman–Crippen LogP) is 2.00. The van der Waals surface area contributed by atoms with Crippen molar-refractivity contribution in [2.75, 3.05) is 7.11 Å². The third-order valence-corrected chi connectivity index (χ3v) is 3.76. The molecule has 0 unspecified atom stereocenters. The number of carbonyl (C=O) groups is 1. The van der Waals surface area contributed by atoms with Crippen LogP contribution < -0.4 is 0 Å². The topological polar surface area (TPSA) is 69.7 Å². The first-order valence-electron chi connectivity index (χ1n) is 5.11. The Morgan fingerprint density at radius 2 is 1.89 bits per heavy atom. The molecule has 0 aliphatic carbocycles. The summed E-state index contributed by atoms with van der Waals surface area (Å²) in [6.07, 6.45) is -0.929. The van der Waals surface area contributed by atoms with E-state index in [1.54, 1.807) is 0 Å². The molecule has 5 nitrogen and oxygen atoms in total. The number of halogens is 1. The number of methoxy groups -OCH3 is 1. The van der Waals surface area contributed by atoms with E-state index in [0.717, 1.165) is 0 Å². The smallest absolute Gasteiger partial charge is 0.308 e. The Morgan fingerprint density at radius 1 is 1.33 bits per heavy atom. The summed E-state index contributed by atoms with van der Waals surface area (Å²) in [4.78, 5) is 11.0. The molecule has 100 valence electrons. The van der Waals surface area contributed by atoms with Gasteiger partial charge in [-0.15, -0.1) is 0 Å². The van der Waals surface area contributed by atoms with Gasteiger partial charge in [-0.3, -0.25) is 8.98 Å². The molecule has 0 aromatic heterocycles. The molecule has 0 bridgehead atoms. The number of hydrogen-bond donors (Lipinski definition) is 0. The Balaban J connectivity index is 2.76. The van der Waals surface area contributed by atoms with Gasteiger partial charge in [-0.2, -0.15) is 8.42 Å². The highest BCUT2D eigenvalue weighted by molar-refractivity contribution is 7.86. The predicted molar refractivity (Wildman–Crippen MR) is 65.8 cm³/mol. The molecule has 0 amide bonds. The van der Waals surface area contributed by atoms with Crippen molar-refractivity contribution in [2.24, 2.45) is 0 Å². The SMILES string of the molecule is COC(=O)C[C@@H](C)OS(=O)(=O)c1ccc(Cl)cc1. The summed E-state index contributed by atoms with van der Waals surface area (Å²) in [6, 6.07) is 5.57. The number of carbonyl (C=O) groups excluding carboxylic acids is 1. The summed E-state index contributed by atoms with van der Waals surface area (Å²) in [7, 11) is -2.67. The summed E-state index contributed by atoms with van der Waals surface area (Å²) in [5, 5.41) is 0.427. The normalized spacial score (nSPS) is 13.1. The molecule has 0 saturated heterocycles. The van der Waals surface area contributed by atoms with Crippen molar-refractivity contribution in [3.8, 4) is 0 Å². The zero-order valence-corrected chi connectivity index (χ0v) is 11.5. The fraction of sp³-hybridized carbons (Fsp3) is 0.364. The maximum Gasteiger partial charge on any atom is 0.308 e. The molecular weight excluding hydrogens is 280 g/mol. The van der Waals surface area contributed by atoms with Gasteiger partial charge >= 0.3 is 5.97 Å². The van der Waals surface area contributed by atoms with Gasteiger partial charge in [-0.05, 0) is 31.2 Å². The van der Waals surface area contributed by atoms with Crippen LogP contribution in [0.1, 0.15) is 13.3 Å². The minimum absolute atomic E-state index is 0.0105. The summed E-state index contributed by atoms with van der Waals surface area (Å²) in [5.41, 5.74) is 0. The molecule has 0 aliphatic heterocycles. The van der Waals surface area contributed by atoms with Crippen LogP contribution in [-0.4, -0.2) is 27.6 Å². The van der Waals surface area contributed by atoms with E-state index in [9.17, 15) is 13.2 Å². The van der Waals surface area contributed by atoms with Crippen molar-refractivity contribution < 1.29 is 22.1 Å². The minimum Gasteiger partial charge on any atom is -0.469 e. The maximum absolute atomic E-state index is 11.8. The van der Waals surface area contributed by atoms with Crippen LogP contribution in [0.3, 0.4) is 0 Å². The fourth-order valence-corrected chi connectivity index (χ4v) is 2.43. The van der Waals surface area contributed by atoms with Gasteiger partial charge in [0.25, 0.3) is 10.1 Å². The molecule has 0 fully saturated rings. The molecule has 0 heterocycles. The second-order valence-corrected chi connectivity index (χ2v) is 5.60. The summed E-state index contributed by atoms with van der Waals surface area (Å²) in [6.45, 7) is 1.48. The number of esters is 1. The van der Waals surface area contributed by atoms with Crippen LogP contribution in [-0.2, 0) is 23.8 Å². The molecule has 1 aromatic rings. The summed E-state index contributed by atoms with van der Waals surface area (Å²) >= 11 is 5.66. The third-order valence-electron chi connectivity index (χ3n) is 2.08. The van der Waals surface area contributed by atoms with E-state index in [-0.39, 0.29) is 11.3 Å².